The van der Waals surface area contributed by atoms with Gasteiger partial charge >= 0.3 is 0 Å². The number of fused-ring (bicyclic) bond motifs is 1. The van der Waals surface area contributed by atoms with Crippen LogP contribution in [0.25, 0.3) is 22.2 Å². The first kappa shape index (κ1) is 22.8. The van der Waals surface area contributed by atoms with E-state index in [1.54, 1.807) is 24.4 Å². The third kappa shape index (κ3) is 4.64. The fourth-order valence-corrected chi connectivity index (χ4v) is 3.82. The standard InChI is InChI=1S/C26H23FN8O/c1-14(15-2-6-18(27)7-3-15)32-26(36)22-11-19(28)13-31-24(22)33-20-8-4-16(5-9-20)17-10-21-23(29)34-35-25(21)30-12-17/h2-14H,28H2,1H3,(H,31,33)(H,32,36)(H3,29,30,34,35)/t14-/m0/s1. The highest BCUT2D eigenvalue weighted by atomic mass is 19.1. The van der Waals surface area contributed by atoms with Crippen molar-refractivity contribution in [3.8, 4) is 11.1 Å². The molecule has 10 heteroatoms. The highest BCUT2D eigenvalue weighted by Gasteiger charge is 2.17. The number of carbonyl (C=O) groups excluding carboxylic acids is 1. The number of hydrogen-bond acceptors (Lipinski definition) is 7. The normalized spacial score (nSPS) is 11.8. The summed E-state index contributed by atoms with van der Waals surface area (Å²) in [5.41, 5.74) is 16.4. The first-order chi connectivity index (χ1) is 17.4. The summed E-state index contributed by atoms with van der Waals surface area (Å²) in [7, 11) is 0. The van der Waals surface area contributed by atoms with Crippen LogP contribution in [-0.2, 0) is 0 Å². The highest BCUT2D eigenvalue weighted by Crippen LogP contribution is 2.27. The third-order valence-corrected chi connectivity index (χ3v) is 5.79. The second-order valence-corrected chi connectivity index (χ2v) is 8.35. The van der Waals surface area contributed by atoms with Crippen LogP contribution in [0, 0.1) is 5.82 Å². The van der Waals surface area contributed by atoms with E-state index in [4.69, 9.17) is 11.5 Å². The van der Waals surface area contributed by atoms with Crippen molar-refractivity contribution in [1.29, 1.82) is 0 Å². The van der Waals surface area contributed by atoms with Crippen molar-refractivity contribution >= 4 is 40.0 Å². The zero-order valence-corrected chi connectivity index (χ0v) is 19.3. The number of anilines is 4. The van der Waals surface area contributed by atoms with Gasteiger partial charge in [-0.3, -0.25) is 9.89 Å². The molecule has 3 aromatic heterocycles. The number of hydrogen-bond donors (Lipinski definition) is 5. The molecule has 0 fully saturated rings. The van der Waals surface area contributed by atoms with Crippen molar-refractivity contribution in [2.24, 2.45) is 0 Å². The number of nitrogens with zero attached hydrogens (tertiary/aromatic N) is 3. The number of halogens is 1. The van der Waals surface area contributed by atoms with Crippen molar-refractivity contribution in [3.63, 3.8) is 0 Å². The van der Waals surface area contributed by atoms with Gasteiger partial charge < -0.3 is 22.1 Å². The van der Waals surface area contributed by atoms with E-state index >= 15 is 0 Å². The molecule has 1 amide bonds. The summed E-state index contributed by atoms with van der Waals surface area (Å²) in [4.78, 5) is 21.7. The Labute approximate surface area is 205 Å². The predicted molar refractivity (Wildman–Crippen MR) is 138 cm³/mol. The molecule has 1 atom stereocenters. The number of nitrogens with one attached hydrogen (secondary N) is 3. The molecule has 0 bridgehead atoms. The quantitative estimate of drug-likeness (QED) is 0.238. The summed E-state index contributed by atoms with van der Waals surface area (Å²) in [5.74, 6) is 0.127. The number of carbonyl (C=O) groups is 1. The van der Waals surface area contributed by atoms with Crippen molar-refractivity contribution in [2.75, 3.05) is 16.8 Å². The first-order valence-electron chi connectivity index (χ1n) is 11.2. The summed E-state index contributed by atoms with van der Waals surface area (Å²) >= 11 is 0. The maximum Gasteiger partial charge on any atom is 0.255 e. The number of nitrogen functional groups attached to an aromatic ring is 2. The minimum absolute atomic E-state index is 0.290. The maximum absolute atomic E-state index is 13.2. The third-order valence-electron chi connectivity index (χ3n) is 5.79. The average Bonchev–Trinajstić information content (AvgIpc) is 3.26. The van der Waals surface area contributed by atoms with Crippen LogP contribution in [0.4, 0.5) is 27.4 Å². The van der Waals surface area contributed by atoms with Crippen molar-refractivity contribution in [3.05, 3.63) is 90.0 Å². The zero-order chi connectivity index (χ0) is 25.2. The van der Waals surface area contributed by atoms with Crippen LogP contribution in [0.5, 0.6) is 0 Å². The van der Waals surface area contributed by atoms with Crippen LogP contribution in [0.1, 0.15) is 28.9 Å². The molecule has 0 unspecified atom stereocenters. The van der Waals surface area contributed by atoms with Crippen LogP contribution in [0.2, 0.25) is 0 Å². The van der Waals surface area contributed by atoms with Gasteiger partial charge in [0.15, 0.2) is 5.65 Å². The Bertz CT molecular complexity index is 1550. The van der Waals surface area contributed by atoms with Crippen molar-refractivity contribution in [1.82, 2.24) is 25.5 Å². The Morgan fingerprint density at radius 3 is 2.47 bits per heavy atom. The second-order valence-electron chi connectivity index (χ2n) is 8.35. The lowest BCUT2D eigenvalue weighted by Crippen LogP contribution is -2.27. The molecule has 0 radical (unpaired) electrons. The summed E-state index contributed by atoms with van der Waals surface area (Å²) in [6, 6.07) is 16.7. The van der Waals surface area contributed by atoms with Gasteiger partial charge in [-0.2, -0.15) is 5.10 Å². The zero-order valence-electron chi connectivity index (χ0n) is 19.3. The number of pyridine rings is 2. The first-order valence-corrected chi connectivity index (χ1v) is 11.2. The van der Waals surface area contributed by atoms with Gasteiger partial charge in [-0.25, -0.2) is 14.4 Å². The van der Waals surface area contributed by atoms with Crippen LogP contribution in [0.15, 0.2) is 73.1 Å². The van der Waals surface area contributed by atoms with Gasteiger partial charge in [-0.05, 0) is 54.4 Å². The van der Waals surface area contributed by atoms with Gasteiger partial charge in [0, 0.05) is 17.4 Å². The minimum Gasteiger partial charge on any atom is -0.397 e. The molecule has 3 heterocycles. The molecule has 0 saturated carbocycles. The minimum atomic E-state index is -0.358. The SMILES string of the molecule is C[C@H](NC(=O)c1cc(N)cnc1Nc1ccc(-c2cnc3n[nH]c(N)c3c2)cc1)c1ccc(F)cc1. The molecular formula is C26H23FN8O. The molecule has 5 rings (SSSR count). The molecular weight excluding hydrogens is 459 g/mol. The van der Waals surface area contributed by atoms with E-state index in [1.807, 2.05) is 37.3 Å². The van der Waals surface area contributed by atoms with E-state index < -0.39 is 0 Å². The van der Waals surface area contributed by atoms with E-state index in [0.29, 0.717) is 23.0 Å². The van der Waals surface area contributed by atoms with E-state index in [-0.39, 0.29) is 23.3 Å². The van der Waals surface area contributed by atoms with Gasteiger partial charge in [-0.15, -0.1) is 0 Å². The number of benzene rings is 2. The van der Waals surface area contributed by atoms with Crippen LogP contribution in [0.3, 0.4) is 0 Å². The lowest BCUT2D eigenvalue weighted by molar-refractivity contribution is 0.0940. The molecule has 0 saturated heterocycles. The number of amides is 1. The molecule has 7 N–H and O–H groups in total. The topological polar surface area (TPSA) is 148 Å². The van der Waals surface area contributed by atoms with E-state index in [2.05, 4.69) is 30.8 Å². The molecule has 0 spiro atoms. The molecule has 2 aromatic carbocycles. The van der Waals surface area contributed by atoms with Crippen LogP contribution < -0.4 is 22.1 Å². The van der Waals surface area contributed by atoms with Crippen LogP contribution in [-0.4, -0.2) is 26.1 Å². The monoisotopic (exact) mass is 482 g/mol. The molecule has 9 nitrogen and oxygen atoms in total. The number of nitrogens with two attached hydrogens (primary N) is 2. The van der Waals surface area contributed by atoms with Gasteiger partial charge in [0.25, 0.3) is 5.91 Å². The van der Waals surface area contributed by atoms with E-state index in [0.717, 1.165) is 27.8 Å². The highest BCUT2D eigenvalue weighted by molar-refractivity contribution is 6.00. The van der Waals surface area contributed by atoms with Gasteiger partial charge in [0.1, 0.15) is 17.5 Å². The summed E-state index contributed by atoms with van der Waals surface area (Å²) in [6.07, 6.45) is 3.21. The molecule has 36 heavy (non-hydrogen) atoms. The molecule has 0 aliphatic rings. The summed E-state index contributed by atoms with van der Waals surface area (Å²) < 4.78 is 13.2. The lowest BCUT2D eigenvalue weighted by atomic mass is 10.1. The summed E-state index contributed by atoms with van der Waals surface area (Å²) in [6.45, 7) is 1.82. The van der Waals surface area contributed by atoms with Gasteiger partial charge in [0.05, 0.1) is 28.9 Å². The van der Waals surface area contributed by atoms with E-state index in [1.165, 1.54) is 18.3 Å². The average molecular weight is 483 g/mol. The number of rotatable bonds is 6. The van der Waals surface area contributed by atoms with Gasteiger partial charge in [0.2, 0.25) is 0 Å². The van der Waals surface area contributed by atoms with Crippen molar-refractivity contribution in [2.45, 2.75) is 13.0 Å². The molecule has 0 aliphatic heterocycles. The largest absolute Gasteiger partial charge is 0.397 e. The Kier molecular flexibility index (Phi) is 5.91. The fourth-order valence-electron chi connectivity index (χ4n) is 3.82. The Balaban J connectivity index is 1.35. The number of aromatic nitrogens is 4. The van der Waals surface area contributed by atoms with Crippen LogP contribution >= 0.6 is 0 Å². The van der Waals surface area contributed by atoms with E-state index in [9.17, 15) is 9.18 Å². The summed E-state index contributed by atoms with van der Waals surface area (Å²) in [5, 5.41) is 13.6. The van der Waals surface area contributed by atoms with Crippen molar-refractivity contribution < 1.29 is 9.18 Å². The number of aromatic amines is 1. The lowest BCUT2D eigenvalue weighted by Gasteiger charge is -2.17. The molecule has 0 aliphatic carbocycles. The molecule has 180 valence electrons. The second kappa shape index (κ2) is 9.34. The fraction of sp³-hybridized carbons (Fsp3) is 0.0769. The predicted octanol–water partition coefficient (Wildman–Crippen LogP) is 4.56. The van der Waals surface area contributed by atoms with Gasteiger partial charge in [-0.1, -0.05) is 24.3 Å². The maximum atomic E-state index is 13.2. The molecule has 5 aromatic rings. The smallest absolute Gasteiger partial charge is 0.255 e. The Hall–Kier alpha value is -4.99. The Morgan fingerprint density at radius 2 is 1.72 bits per heavy atom. The Morgan fingerprint density at radius 1 is 0.972 bits per heavy atom. The number of H-pyrrole nitrogens is 1.